The van der Waals surface area contributed by atoms with Crippen molar-refractivity contribution in [3.05, 3.63) is 35.4 Å². The van der Waals surface area contributed by atoms with Gasteiger partial charge in [0.15, 0.2) is 0 Å². The van der Waals surface area contributed by atoms with E-state index in [9.17, 15) is 13.2 Å². The summed E-state index contributed by atoms with van der Waals surface area (Å²) in [5.74, 6) is 0. The first-order chi connectivity index (χ1) is 9.50. The molecular formula is C15H21F3N2. The van der Waals surface area contributed by atoms with Gasteiger partial charge in [0.2, 0.25) is 0 Å². The van der Waals surface area contributed by atoms with Gasteiger partial charge in [0.05, 0.1) is 5.56 Å². The fourth-order valence-electron chi connectivity index (χ4n) is 2.70. The van der Waals surface area contributed by atoms with Crippen LogP contribution in [0, 0.1) is 0 Å². The van der Waals surface area contributed by atoms with Gasteiger partial charge in [-0.2, -0.15) is 13.2 Å². The molecule has 0 saturated carbocycles. The Labute approximate surface area is 118 Å². The first kappa shape index (κ1) is 15.3. The van der Waals surface area contributed by atoms with Crippen molar-refractivity contribution < 1.29 is 13.2 Å². The van der Waals surface area contributed by atoms with Crippen molar-refractivity contribution in [1.82, 2.24) is 10.2 Å². The minimum absolute atomic E-state index is 0.0598. The number of benzene rings is 1. The molecule has 1 atom stereocenters. The van der Waals surface area contributed by atoms with Gasteiger partial charge in [-0.15, -0.1) is 0 Å². The quantitative estimate of drug-likeness (QED) is 0.912. The fourth-order valence-corrected chi connectivity index (χ4v) is 2.70. The van der Waals surface area contributed by atoms with E-state index in [0.717, 1.165) is 25.7 Å². The largest absolute Gasteiger partial charge is 0.416 e. The highest BCUT2D eigenvalue weighted by atomic mass is 19.4. The summed E-state index contributed by atoms with van der Waals surface area (Å²) in [4.78, 5) is 2.32. The summed E-state index contributed by atoms with van der Waals surface area (Å²) in [6, 6.07) is 5.57. The molecule has 1 aliphatic rings. The lowest BCUT2D eigenvalue weighted by Gasteiger charge is -2.30. The van der Waals surface area contributed by atoms with Crippen molar-refractivity contribution in [2.24, 2.45) is 0 Å². The van der Waals surface area contributed by atoms with E-state index in [4.69, 9.17) is 0 Å². The number of halogens is 3. The molecule has 1 saturated heterocycles. The Morgan fingerprint density at radius 2 is 1.90 bits per heavy atom. The molecule has 2 nitrogen and oxygen atoms in total. The van der Waals surface area contributed by atoms with Crippen LogP contribution in [0.2, 0.25) is 0 Å². The molecule has 0 bridgehead atoms. The standard InChI is InChI=1S/C15H21F3N2/c1-19-14(11-20-8-3-2-4-9-20)12-6-5-7-13(10-12)15(16,17)18/h5-7,10,14,19H,2-4,8-9,11H2,1H3. The van der Waals surface area contributed by atoms with Gasteiger partial charge in [-0.05, 0) is 50.7 Å². The monoisotopic (exact) mass is 286 g/mol. The highest BCUT2D eigenvalue weighted by molar-refractivity contribution is 5.28. The summed E-state index contributed by atoms with van der Waals surface area (Å²) in [5.41, 5.74) is 0.127. The number of nitrogens with one attached hydrogen (secondary N) is 1. The molecule has 1 heterocycles. The van der Waals surface area contributed by atoms with E-state index in [0.29, 0.717) is 5.56 Å². The molecular weight excluding hydrogens is 265 g/mol. The Morgan fingerprint density at radius 3 is 2.50 bits per heavy atom. The number of likely N-dealkylation sites (N-methyl/N-ethyl adjacent to an activating group) is 1. The predicted octanol–water partition coefficient (Wildman–Crippen LogP) is 3.45. The zero-order valence-corrected chi connectivity index (χ0v) is 11.7. The lowest BCUT2D eigenvalue weighted by atomic mass is 10.0. The van der Waals surface area contributed by atoms with Crippen molar-refractivity contribution in [1.29, 1.82) is 0 Å². The maximum absolute atomic E-state index is 12.8. The first-order valence-corrected chi connectivity index (χ1v) is 7.07. The van der Waals surface area contributed by atoms with Gasteiger partial charge in [0.25, 0.3) is 0 Å². The van der Waals surface area contributed by atoms with Crippen LogP contribution in [0.5, 0.6) is 0 Å². The van der Waals surface area contributed by atoms with E-state index in [1.54, 1.807) is 13.1 Å². The van der Waals surface area contributed by atoms with Crippen LogP contribution < -0.4 is 5.32 Å². The molecule has 0 aromatic heterocycles. The van der Waals surface area contributed by atoms with Crippen LogP contribution in [0.25, 0.3) is 0 Å². The Balaban J connectivity index is 2.10. The first-order valence-electron chi connectivity index (χ1n) is 7.07. The third-order valence-corrected chi connectivity index (χ3v) is 3.85. The van der Waals surface area contributed by atoms with Gasteiger partial charge in [-0.25, -0.2) is 0 Å². The average molecular weight is 286 g/mol. The summed E-state index contributed by atoms with van der Waals surface area (Å²) in [5, 5.41) is 3.14. The number of piperidine rings is 1. The van der Waals surface area contributed by atoms with E-state index in [-0.39, 0.29) is 6.04 Å². The van der Waals surface area contributed by atoms with Crippen molar-refractivity contribution in [2.45, 2.75) is 31.5 Å². The predicted molar refractivity (Wildman–Crippen MR) is 73.5 cm³/mol. The van der Waals surface area contributed by atoms with E-state index >= 15 is 0 Å². The molecule has 0 aliphatic carbocycles. The van der Waals surface area contributed by atoms with Gasteiger partial charge < -0.3 is 10.2 Å². The molecule has 0 radical (unpaired) electrons. The summed E-state index contributed by atoms with van der Waals surface area (Å²) in [6.07, 6.45) is -0.665. The molecule has 0 spiro atoms. The minimum Gasteiger partial charge on any atom is -0.312 e. The van der Waals surface area contributed by atoms with E-state index in [2.05, 4.69) is 10.2 Å². The fraction of sp³-hybridized carbons (Fsp3) is 0.600. The summed E-state index contributed by atoms with van der Waals surface area (Å²) in [6.45, 7) is 2.84. The number of likely N-dealkylation sites (tertiary alicyclic amines) is 1. The van der Waals surface area contributed by atoms with Gasteiger partial charge in [0, 0.05) is 12.6 Å². The second-order valence-electron chi connectivity index (χ2n) is 5.33. The zero-order valence-electron chi connectivity index (χ0n) is 11.7. The molecule has 1 fully saturated rings. The smallest absolute Gasteiger partial charge is 0.312 e. The molecule has 1 unspecified atom stereocenters. The second-order valence-corrected chi connectivity index (χ2v) is 5.33. The van der Waals surface area contributed by atoms with Crippen LogP contribution in [0.4, 0.5) is 13.2 Å². The van der Waals surface area contributed by atoms with Crippen LogP contribution >= 0.6 is 0 Å². The molecule has 1 aromatic rings. The number of rotatable bonds is 4. The van der Waals surface area contributed by atoms with Crippen molar-refractivity contribution in [3.8, 4) is 0 Å². The normalized spacial score (nSPS) is 19.0. The number of hydrogen-bond donors (Lipinski definition) is 1. The maximum Gasteiger partial charge on any atom is 0.416 e. The van der Waals surface area contributed by atoms with Gasteiger partial charge in [-0.3, -0.25) is 0 Å². The molecule has 2 rings (SSSR count). The summed E-state index contributed by atoms with van der Waals surface area (Å²) >= 11 is 0. The van der Waals surface area contributed by atoms with Crippen molar-refractivity contribution >= 4 is 0 Å². The van der Waals surface area contributed by atoms with E-state index in [1.165, 1.54) is 31.4 Å². The molecule has 112 valence electrons. The van der Waals surface area contributed by atoms with Crippen LogP contribution in [0.15, 0.2) is 24.3 Å². The third-order valence-electron chi connectivity index (χ3n) is 3.85. The van der Waals surface area contributed by atoms with Gasteiger partial charge in [0.1, 0.15) is 0 Å². The highest BCUT2D eigenvalue weighted by Crippen LogP contribution is 2.31. The summed E-state index contributed by atoms with van der Waals surface area (Å²) < 4.78 is 38.3. The number of alkyl halides is 3. The zero-order chi connectivity index (χ0) is 14.6. The van der Waals surface area contributed by atoms with Crippen LogP contribution in [0.3, 0.4) is 0 Å². The Kier molecular flexibility index (Phi) is 5.05. The van der Waals surface area contributed by atoms with Crippen LogP contribution in [-0.4, -0.2) is 31.6 Å². The molecule has 0 amide bonds. The lowest BCUT2D eigenvalue weighted by Crippen LogP contribution is -2.37. The highest BCUT2D eigenvalue weighted by Gasteiger charge is 2.31. The molecule has 1 N–H and O–H groups in total. The average Bonchev–Trinajstić information content (AvgIpc) is 2.45. The van der Waals surface area contributed by atoms with Crippen molar-refractivity contribution in [3.63, 3.8) is 0 Å². The number of nitrogens with zero attached hydrogens (tertiary/aromatic N) is 1. The van der Waals surface area contributed by atoms with E-state index in [1.807, 2.05) is 0 Å². The maximum atomic E-state index is 12.8. The van der Waals surface area contributed by atoms with Crippen LogP contribution in [-0.2, 0) is 6.18 Å². The molecule has 5 heteroatoms. The Morgan fingerprint density at radius 1 is 1.20 bits per heavy atom. The third kappa shape index (κ3) is 3.96. The molecule has 20 heavy (non-hydrogen) atoms. The van der Waals surface area contributed by atoms with Crippen LogP contribution in [0.1, 0.15) is 36.4 Å². The SMILES string of the molecule is CNC(CN1CCCCC1)c1cccc(C(F)(F)F)c1. The van der Waals surface area contributed by atoms with Crippen molar-refractivity contribution in [2.75, 3.05) is 26.7 Å². The molecule has 1 aromatic carbocycles. The van der Waals surface area contributed by atoms with Gasteiger partial charge >= 0.3 is 6.18 Å². The van der Waals surface area contributed by atoms with E-state index < -0.39 is 11.7 Å². The summed E-state index contributed by atoms with van der Waals surface area (Å²) in [7, 11) is 1.80. The van der Waals surface area contributed by atoms with Gasteiger partial charge in [-0.1, -0.05) is 18.6 Å². The minimum atomic E-state index is -4.28. The number of hydrogen-bond acceptors (Lipinski definition) is 2. The Hall–Kier alpha value is -1.07. The lowest BCUT2D eigenvalue weighted by molar-refractivity contribution is -0.137. The Bertz CT molecular complexity index is 425. The topological polar surface area (TPSA) is 15.3 Å². The molecule has 1 aliphatic heterocycles. The second kappa shape index (κ2) is 6.59.